The van der Waals surface area contributed by atoms with Gasteiger partial charge in [-0.3, -0.25) is 9.59 Å². The van der Waals surface area contributed by atoms with Gasteiger partial charge in [-0.2, -0.15) is 0 Å². The molecule has 0 aliphatic heterocycles. The molecule has 0 aliphatic carbocycles. The zero-order chi connectivity index (χ0) is 24.5. The molecule has 0 saturated heterocycles. The van der Waals surface area contributed by atoms with Crippen molar-refractivity contribution in [3.05, 3.63) is 0 Å². The van der Waals surface area contributed by atoms with Gasteiger partial charge in [0.1, 0.15) is 6.04 Å². The number of carbonyl (C=O) groups excluding carboxylic acids is 1. The number of amides is 1. The fourth-order valence-electron chi connectivity index (χ4n) is 3.30. The highest BCUT2D eigenvalue weighted by Gasteiger charge is 2.22. The molecule has 0 aromatic heterocycles. The van der Waals surface area contributed by atoms with Gasteiger partial charge in [0.15, 0.2) is 0 Å². The van der Waals surface area contributed by atoms with Crippen LogP contribution in [0.25, 0.3) is 0 Å². The second-order valence-electron chi connectivity index (χ2n) is 8.20. The number of carboxylic acids is 2. The minimum atomic E-state index is -1.35. The summed E-state index contributed by atoms with van der Waals surface area (Å²) in [5.74, 6) is -2.93. The van der Waals surface area contributed by atoms with Crippen LogP contribution in [0.2, 0.25) is 0 Å². The van der Waals surface area contributed by atoms with Crippen LogP contribution < -0.4 is 5.32 Å². The average Bonchev–Trinajstić information content (AvgIpc) is 2.75. The van der Waals surface area contributed by atoms with Gasteiger partial charge in [0.2, 0.25) is 5.91 Å². The number of unbranched alkanes of at least 4 members (excludes halogenated alkanes) is 14. The van der Waals surface area contributed by atoms with Crippen molar-refractivity contribution in [3.63, 3.8) is 0 Å². The Morgan fingerprint density at radius 3 is 1.34 bits per heavy atom. The second-order valence-corrected chi connectivity index (χ2v) is 8.20. The largest absolute Gasteiger partial charge is 0.481 e. The topological polar surface area (TPSA) is 144 Å². The van der Waals surface area contributed by atoms with Crippen LogP contribution in [-0.4, -0.2) is 57.5 Å². The van der Waals surface area contributed by atoms with E-state index in [1.807, 2.05) is 0 Å². The van der Waals surface area contributed by atoms with Crippen LogP contribution in [0.4, 0.5) is 0 Å². The standard InChI is InChI=1S/C22H41NO5.C2H6O2/c1-2-3-4-5-6-7-8-9-10-11-12-13-14-15-16-17-20(24)23-19(22(27)28)18-21(25)26;3-1-2-4/h19H,2-18H2,1H3,(H,23,24)(H,25,26)(H,27,28);3-4H,1-2H2/t19-;/m0./s1. The van der Waals surface area contributed by atoms with Crippen LogP contribution >= 0.6 is 0 Å². The average molecular weight is 462 g/mol. The van der Waals surface area contributed by atoms with E-state index in [0.29, 0.717) is 6.42 Å². The fraction of sp³-hybridized carbons (Fsp3) is 0.875. The molecule has 0 saturated carbocycles. The fourth-order valence-corrected chi connectivity index (χ4v) is 3.30. The minimum absolute atomic E-state index is 0.125. The van der Waals surface area contributed by atoms with Gasteiger partial charge < -0.3 is 25.7 Å². The Balaban J connectivity index is 0. The van der Waals surface area contributed by atoms with E-state index in [9.17, 15) is 14.4 Å². The minimum Gasteiger partial charge on any atom is -0.481 e. The molecule has 0 aliphatic rings. The second kappa shape index (κ2) is 25.6. The molecule has 32 heavy (non-hydrogen) atoms. The van der Waals surface area contributed by atoms with Crippen molar-refractivity contribution in [2.45, 2.75) is 122 Å². The normalized spacial score (nSPS) is 11.3. The summed E-state index contributed by atoms with van der Waals surface area (Å²) in [4.78, 5) is 33.2. The zero-order valence-electron chi connectivity index (χ0n) is 20.0. The molecule has 0 fully saturated rings. The summed E-state index contributed by atoms with van der Waals surface area (Å²) in [6, 6.07) is -1.35. The first-order valence-corrected chi connectivity index (χ1v) is 12.3. The third-order valence-corrected chi connectivity index (χ3v) is 5.12. The van der Waals surface area contributed by atoms with E-state index in [2.05, 4.69) is 12.2 Å². The lowest BCUT2D eigenvalue weighted by atomic mass is 10.0. The van der Waals surface area contributed by atoms with Crippen molar-refractivity contribution in [2.24, 2.45) is 0 Å². The van der Waals surface area contributed by atoms with E-state index in [1.165, 1.54) is 77.0 Å². The Bertz CT molecular complexity index is 456. The molecule has 0 rings (SSSR count). The van der Waals surface area contributed by atoms with Gasteiger partial charge in [-0.25, -0.2) is 4.79 Å². The smallest absolute Gasteiger partial charge is 0.326 e. The summed E-state index contributed by atoms with van der Waals surface area (Å²) in [7, 11) is 0. The number of rotatable bonds is 21. The summed E-state index contributed by atoms with van der Waals surface area (Å²) in [5.41, 5.74) is 0. The Labute approximate surface area is 193 Å². The Kier molecular flexibility index (Phi) is 26.0. The van der Waals surface area contributed by atoms with Crippen molar-refractivity contribution in [3.8, 4) is 0 Å². The van der Waals surface area contributed by atoms with Crippen LogP contribution in [-0.2, 0) is 14.4 Å². The number of nitrogens with one attached hydrogen (secondary N) is 1. The van der Waals surface area contributed by atoms with Crippen molar-refractivity contribution in [1.82, 2.24) is 5.32 Å². The number of carboxylic acid groups (broad SMARTS) is 2. The molecule has 0 aromatic carbocycles. The first-order valence-electron chi connectivity index (χ1n) is 12.3. The van der Waals surface area contributed by atoms with E-state index in [1.54, 1.807) is 0 Å². The van der Waals surface area contributed by atoms with Crippen LogP contribution in [0.3, 0.4) is 0 Å². The number of aliphatic hydroxyl groups excluding tert-OH is 2. The van der Waals surface area contributed by atoms with Crippen LogP contribution in [0.5, 0.6) is 0 Å². The van der Waals surface area contributed by atoms with Gasteiger partial charge in [0.25, 0.3) is 0 Å². The van der Waals surface area contributed by atoms with Crippen molar-refractivity contribution in [2.75, 3.05) is 13.2 Å². The molecule has 5 N–H and O–H groups in total. The summed E-state index contributed by atoms with van der Waals surface area (Å²) >= 11 is 0. The maximum absolute atomic E-state index is 11.7. The van der Waals surface area contributed by atoms with Crippen LogP contribution in [0, 0.1) is 0 Å². The Morgan fingerprint density at radius 1 is 0.656 bits per heavy atom. The number of aliphatic carboxylic acids is 2. The quantitative estimate of drug-likeness (QED) is 0.161. The van der Waals surface area contributed by atoms with Crippen molar-refractivity contribution >= 4 is 17.8 Å². The number of aliphatic hydroxyl groups is 2. The summed E-state index contributed by atoms with van der Waals surface area (Å²) in [6.45, 7) is 2.00. The highest BCUT2D eigenvalue weighted by atomic mass is 16.4. The number of hydrogen-bond donors (Lipinski definition) is 5. The first kappa shape index (κ1) is 32.5. The van der Waals surface area contributed by atoms with Gasteiger partial charge >= 0.3 is 11.9 Å². The van der Waals surface area contributed by atoms with E-state index in [-0.39, 0.29) is 25.5 Å². The third-order valence-electron chi connectivity index (χ3n) is 5.12. The van der Waals surface area contributed by atoms with Gasteiger partial charge in [0.05, 0.1) is 19.6 Å². The molecule has 0 heterocycles. The molecule has 190 valence electrons. The van der Waals surface area contributed by atoms with Crippen molar-refractivity contribution < 1.29 is 34.8 Å². The number of hydrogen-bond acceptors (Lipinski definition) is 5. The maximum Gasteiger partial charge on any atom is 0.326 e. The monoisotopic (exact) mass is 461 g/mol. The van der Waals surface area contributed by atoms with Gasteiger partial charge in [0, 0.05) is 6.42 Å². The van der Waals surface area contributed by atoms with E-state index >= 15 is 0 Å². The summed E-state index contributed by atoms with van der Waals surface area (Å²) < 4.78 is 0. The predicted molar refractivity (Wildman–Crippen MR) is 126 cm³/mol. The predicted octanol–water partition coefficient (Wildman–Crippen LogP) is 4.26. The van der Waals surface area contributed by atoms with E-state index in [0.717, 1.165) is 12.8 Å². The van der Waals surface area contributed by atoms with Crippen molar-refractivity contribution in [1.29, 1.82) is 0 Å². The summed E-state index contributed by atoms with van der Waals surface area (Å²) in [5, 5.41) is 35.1. The molecule has 0 aromatic rings. The molecule has 1 amide bonds. The lowest BCUT2D eigenvalue weighted by Gasteiger charge is -2.12. The molecule has 0 radical (unpaired) electrons. The van der Waals surface area contributed by atoms with Gasteiger partial charge in [-0.15, -0.1) is 0 Å². The molecule has 0 bridgehead atoms. The molecule has 8 nitrogen and oxygen atoms in total. The Hall–Kier alpha value is -1.67. The zero-order valence-corrected chi connectivity index (χ0v) is 20.0. The number of carbonyl (C=O) groups is 3. The molecule has 8 heteroatoms. The van der Waals surface area contributed by atoms with E-state index in [4.69, 9.17) is 20.4 Å². The summed E-state index contributed by atoms with van der Waals surface area (Å²) in [6.07, 6.45) is 18.3. The van der Waals surface area contributed by atoms with E-state index < -0.39 is 24.4 Å². The highest BCUT2D eigenvalue weighted by molar-refractivity contribution is 5.86. The lowest BCUT2D eigenvalue weighted by molar-refractivity contribution is -0.147. The SMILES string of the molecule is CCCCCCCCCCCCCCCCCC(=O)N[C@@H](CC(=O)O)C(=O)O.OCCO. The molecular formula is C24H47NO7. The molecule has 1 atom stereocenters. The molecule has 0 unspecified atom stereocenters. The maximum atomic E-state index is 11.7. The molecular weight excluding hydrogens is 414 g/mol. The highest BCUT2D eigenvalue weighted by Crippen LogP contribution is 2.13. The van der Waals surface area contributed by atoms with Gasteiger partial charge in [-0.05, 0) is 6.42 Å². The molecule has 0 spiro atoms. The lowest BCUT2D eigenvalue weighted by Crippen LogP contribution is -2.42. The Morgan fingerprint density at radius 2 is 1.03 bits per heavy atom. The van der Waals surface area contributed by atoms with Gasteiger partial charge in [-0.1, -0.05) is 96.8 Å². The first-order chi connectivity index (χ1) is 15.4. The van der Waals surface area contributed by atoms with Crippen LogP contribution in [0.1, 0.15) is 116 Å². The van der Waals surface area contributed by atoms with Crippen LogP contribution in [0.15, 0.2) is 0 Å². The third kappa shape index (κ3) is 26.4.